The van der Waals surface area contributed by atoms with Gasteiger partial charge in [0, 0.05) is 16.4 Å². The molecule has 1 amide bonds. The minimum atomic E-state index is -0.418. The predicted octanol–water partition coefficient (Wildman–Crippen LogP) is 4.11. The van der Waals surface area contributed by atoms with E-state index in [1.54, 1.807) is 19.1 Å². The Kier molecular flexibility index (Phi) is 3.70. The van der Waals surface area contributed by atoms with Crippen molar-refractivity contribution in [3.63, 3.8) is 0 Å². The molecule has 0 aliphatic carbocycles. The second-order valence-electron chi connectivity index (χ2n) is 5.04. The highest BCUT2D eigenvalue weighted by atomic mass is 79.9. The van der Waals surface area contributed by atoms with Crippen LogP contribution in [0.1, 0.15) is 21.7 Å². The third-order valence-corrected chi connectivity index (χ3v) is 4.28. The number of imidazole rings is 1. The summed E-state index contributed by atoms with van der Waals surface area (Å²) in [5.41, 5.74) is 3.11. The molecule has 0 unspecified atom stereocenters. The molecule has 0 spiro atoms. The van der Waals surface area contributed by atoms with Gasteiger partial charge in [0.1, 0.15) is 17.2 Å². The number of nitrogens with one attached hydrogen (secondary N) is 1. The van der Waals surface area contributed by atoms with Gasteiger partial charge in [0.2, 0.25) is 0 Å². The molecule has 0 saturated carbocycles. The molecule has 112 valence electrons. The number of rotatable bonds is 2. The maximum absolute atomic E-state index is 13.4. The summed E-state index contributed by atoms with van der Waals surface area (Å²) in [7, 11) is 0. The Morgan fingerprint density at radius 2 is 2.05 bits per heavy atom. The Labute approximate surface area is 135 Å². The molecular formula is C16H13BrFN3O. The third kappa shape index (κ3) is 2.62. The molecule has 0 aliphatic rings. The maximum Gasteiger partial charge on any atom is 0.274 e. The summed E-state index contributed by atoms with van der Waals surface area (Å²) in [6.07, 6.45) is 1.26. The van der Waals surface area contributed by atoms with Crippen LogP contribution in [-0.2, 0) is 0 Å². The second kappa shape index (κ2) is 5.53. The van der Waals surface area contributed by atoms with Crippen LogP contribution in [0.25, 0.3) is 5.65 Å². The van der Waals surface area contributed by atoms with Gasteiger partial charge >= 0.3 is 0 Å². The van der Waals surface area contributed by atoms with Gasteiger partial charge in [-0.25, -0.2) is 9.37 Å². The number of carbonyl (C=O) groups is 1. The normalized spacial score (nSPS) is 10.9. The number of halogens is 2. The number of nitrogens with zero attached hydrogens (tertiary/aromatic N) is 2. The molecule has 1 aromatic carbocycles. The van der Waals surface area contributed by atoms with E-state index in [1.807, 2.05) is 19.1 Å². The second-order valence-corrected chi connectivity index (χ2v) is 5.89. The summed E-state index contributed by atoms with van der Waals surface area (Å²) in [4.78, 5) is 16.8. The lowest BCUT2D eigenvalue weighted by Crippen LogP contribution is -2.15. The van der Waals surface area contributed by atoms with E-state index < -0.39 is 5.82 Å². The van der Waals surface area contributed by atoms with Gasteiger partial charge in [-0.3, -0.25) is 9.20 Å². The van der Waals surface area contributed by atoms with Gasteiger partial charge in [0.25, 0.3) is 5.91 Å². The quantitative estimate of drug-likeness (QED) is 0.746. The van der Waals surface area contributed by atoms with Crippen LogP contribution >= 0.6 is 15.9 Å². The Morgan fingerprint density at radius 3 is 2.77 bits per heavy atom. The number of anilines is 1. The van der Waals surface area contributed by atoms with Crippen molar-refractivity contribution in [3.05, 3.63) is 63.8 Å². The molecule has 4 nitrogen and oxygen atoms in total. The molecule has 1 N–H and O–H groups in total. The highest BCUT2D eigenvalue weighted by Crippen LogP contribution is 2.21. The van der Waals surface area contributed by atoms with Crippen LogP contribution in [-0.4, -0.2) is 15.3 Å². The smallest absolute Gasteiger partial charge is 0.274 e. The Balaban J connectivity index is 2.00. The lowest BCUT2D eigenvalue weighted by Gasteiger charge is -2.08. The number of aryl methyl sites for hydroxylation is 2. The molecule has 0 bridgehead atoms. The fourth-order valence-corrected chi connectivity index (χ4v) is 2.57. The highest BCUT2D eigenvalue weighted by molar-refractivity contribution is 9.10. The van der Waals surface area contributed by atoms with Crippen LogP contribution < -0.4 is 5.32 Å². The minimum Gasteiger partial charge on any atom is -0.321 e. The summed E-state index contributed by atoms with van der Waals surface area (Å²) in [6, 6.07) is 8.39. The first-order valence-corrected chi connectivity index (χ1v) is 7.47. The van der Waals surface area contributed by atoms with Crippen molar-refractivity contribution in [3.8, 4) is 0 Å². The number of aromatic nitrogens is 2. The van der Waals surface area contributed by atoms with Crippen molar-refractivity contribution in [1.82, 2.24) is 9.38 Å². The monoisotopic (exact) mass is 361 g/mol. The van der Waals surface area contributed by atoms with E-state index >= 15 is 0 Å². The first-order valence-electron chi connectivity index (χ1n) is 6.67. The van der Waals surface area contributed by atoms with E-state index in [-0.39, 0.29) is 5.91 Å². The van der Waals surface area contributed by atoms with E-state index in [0.717, 1.165) is 10.0 Å². The van der Waals surface area contributed by atoms with Gasteiger partial charge in [-0.15, -0.1) is 0 Å². The largest absolute Gasteiger partial charge is 0.321 e. The standard InChI is InChI=1S/C16H13BrFN3O/c1-9-7-12(4-5-13(9)17)20-16(22)15-10(2)19-14-6-3-11(18)8-21(14)15/h3-8H,1-2H3,(H,20,22). The average molecular weight is 362 g/mol. The van der Waals surface area contributed by atoms with Gasteiger partial charge in [0.05, 0.1) is 5.69 Å². The van der Waals surface area contributed by atoms with Crippen molar-refractivity contribution in [2.45, 2.75) is 13.8 Å². The molecular weight excluding hydrogens is 349 g/mol. The number of amides is 1. The van der Waals surface area contributed by atoms with Crippen LogP contribution in [0.4, 0.5) is 10.1 Å². The minimum absolute atomic E-state index is 0.322. The summed E-state index contributed by atoms with van der Waals surface area (Å²) >= 11 is 3.42. The number of hydrogen-bond donors (Lipinski definition) is 1. The zero-order chi connectivity index (χ0) is 15.9. The van der Waals surface area contributed by atoms with Gasteiger partial charge in [-0.1, -0.05) is 15.9 Å². The molecule has 22 heavy (non-hydrogen) atoms. The van der Waals surface area contributed by atoms with E-state index in [1.165, 1.54) is 16.7 Å². The van der Waals surface area contributed by atoms with Crippen LogP contribution in [0.3, 0.4) is 0 Å². The number of fused-ring (bicyclic) bond motifs is 1. The zero-order valence-corrected chi connectivity index (χ0v) is 13.6. The molecule has 0 radical (unpaired) electrons. The Bertz CT molecular complexity index is 888. The maximum atomic E-state index is 13.4. The third-order valence-electron chi connectivity index (χ3n) is 3.39. The van der Waals surface area contributed by atoms with Crippen LogP contribution in [0, 0.1) is 19.7 Å². The van der Waals surface area contributed by atoms with Crippen LogP contribution in [0.15, 0.2) is 41.0 Å². The van der Waals surface area contributed by atoms with Gasteiger partial charge in [-0.05, 0) is 49.7 Å². The van der Waals surface area contributed by atoms with E-state index in [0.29, 0.717) is 22.7 Å². The fourth-order valence-electron chi connectivity index (χ4n) is 2.32. The molecule has 2 aromatic heterocycles. The van der Waals surface area contributed by atoms with Crippen molar-refractivity contribution >= 4 is 33.2 Å². The summed E-state index contributed by atoms with van der Waals surface area (Å²) in [6.45, 7) is 3.67. The summed E-state index contributed by atoms with van der Waals surface area (Å²) in [5.74, 6) is -0.740. The lowest BCUT2D eigenvalue weighted by atomic mass is 10.2. The molecule has 0 saturated heterocycles. The molecule has 0 aliphatic heterocycles. The van der Waals surface area contributed by atoms with Crippen LogP contribution in [0.5, 0.6) is 0 Å². The van der Waals surface area contributed by atoms with Crippen molar-refractivity contribution in [1.29, 1.82) is 0 Å². The zero-order valence-electron chi connectivity index (χ0n) is 12.0. The number of pyridine rings is 1. The molecule has 0 fully saturated rings. The Morgan fingerprint density at radius 1 is 1.27 bits per heavy atom. The first kappa shape index (κ1) is 14.7. The molecule has 6 heteroatoms. The van der Waals surface area contributed by atoms with Crippen molar-refractivity contribution in [2.24, 2.45) is 0 Å². The number of carbonyl (C=O) groups excluding carboxylic acids is 1. The molecule has 3 aromatic rings. The summed E-state index contributed by atoms with van der Waals surface area (Å²) in [5, 5.41) is 2.82. The van der Waals surface area contributed by atoms with Crippen molar-refractivity contribution in [2.75, 3.05) is 5.32 Å². The van der Waals surface area contributed by atoms with E-state index in [4.69, 9.17) is 0 Å². The first-order chi connectivity index (χ1) is 10.5. The fraction of sp³-hybridized carbons (Fsp3) is 0.125. The van der Waals surface area contributed by atoms with Gasteiger partial charge in [-0.2, -0.15) is 0 Å². The summed E-state index contributed by atoms with van der Waals surface area (Å²) < 4.78 is 15.9. The predicted molar refractivity (Wildman–Crippen MR) is 86.7 cm³/mol. The van der Waals surface area contributed by atoms with E-state index in [9.17, 15) is 9.18 Å². The number of hydrogen-bond acceptors (Lipinski definition) is 2. The average Bonchev–Trinajstić information content (AvgIpc) is 2.78. The molecule has 2 heterocycles. The highest BCUT2D eigenvalue weighted by Gasteiger charge is 2.17. The SMILES string of the molecule is Cc1cc(NC(=O)c2c(C)nc3ccc(F)cn23)ccc1Br. The number of benzene rings is 1. The van der Waals surface area contributed by atoms with Crippen LogP contribution in [0.2, 0.25) is 0 Å². The topological polar surface area (TPSA) is 46.4 Å². The molecule has 0 atom stereocenters. The van der Waals surface area contributed by atoms with E-state index in [2.05, 4.69) is 26.2 Å². The van der Waals surface area contributed by atoms with Gasteiger partial charge in [0.15, 0.2) is 0 Å². The lowest BCUT2D eigenvalue weighted by molar-refractivity contribution is 0.102. The Hall–Kier alpha value is -2.21. The molecule has 3 rings (SSSR count). The van der Waals surface area contributed by atoms with Crippen molar-refractivity contribution < 1.29 is 9.18 Å². The van der Waals surface area contributed by atoms with Gasteiger partial charge < -0.3 is 5.32 Å².